The molecule has 0 atom stereocenters. The number of ketones is 1. The summed E-state index contributed by atoms with van der Waals surface area (Å²) in [4.78, 5) is 12.7. The minimum Gasteiger partial charge on any atom is -1.00 e. The molecule has 0 spiro atoms. The van der Waals surface area contributed by atoms with Crippen molar-refractivity contribution in [2.24, 2.45) is 7.05 Å². The van der Waals surface area contributed by atoms with Crippen molar-refractivity contribution in [3.8, 4) is 11.5 Å². The van der Waals surface area contributed by atoms with Gasteiger partial charge in [-0.05, 0) is 6.07 Å². The highest BCUT2D eigenvalue weighted by atomic mass is 79.9. The van der Waals surface area contributed by atoms with E-state index in [1.54, 1.807) is 20.3 Å². The van der Waals surface area contributed by atoms with Crippen LogP contribution in [0, 0.1) is 0 Å². The molecule has 0 N–H and O–H groups in total. The largest absolute Gasteiger partial charge is 1.00 e. The molecule has 0 fully saturated rings. The molecule has 2 aromatic carbocycles. The van der Waals surface area contributed by atoms with E-state index in [0.717, 1.165) is 10.8 Å². The number of nitrogens with zero attached hydrogens (tertiary/aromatic N) is 2. The molecule has 0 saturated carbocycles. The summed E-state index contributed by atoms with van der Waals surface area (Å²) in [7, 11) is 5.11. The number of halogens is 1. The first-order valence-corrected chi connectivity index (χ1v) is 7.32. The van der Waals surface area contributed by atoms with Gasteiger partial charge in [0.25, 0.3) is 0 Å². The number of rotatable bonds is 5. The first-order chi connectivity index (χ1) is 11.1. The number of carbonyl (C=O) groups excluding carboxylic acids is 1. The average molecular weight is 391 g/mol. The number of hydrogen-bond donors (Lipinski definition) is 0. The summed E-state index contributed by atoms with van der Waals surface area (Å²) in [6, 6.07) is 9.50. The molecular formula is C18H19BrN2O3. The van der Waals surface area contributed by atoms with E-state index in [4.69, 9.17) is 9.47 Å². The van der Waals surface area contributed by atoms with Crippen molar-refractivity contribution in [3.05, 3.63) is 54.6 Å². The molecule has 0 aliphatic carbocycles. The Hall–Kier alpha value is -2.34. The summed E-state index contributed by atoms with van der Waals surface area (Å²) in [5.74, 6) is 1.23. The number of methoxy groups -OCH3 is 2. The average Bonchev–Trinajstić information content (AvgIpc) is 2.98. The Balaban J connectivity index is 0.00000208. The van der Waals surface area contributed by atoms with E-state index in [-0.39, 0.29) is 29.3 Å². The monoisotopic (exact) mass is 390 g/mol. The molecule has 0 aliphatic rings. The van der Waals surface area contributed by atoms with Crippen molar-refractivity contribution >= 4 is 16.6 Å². The number of fused-ring (bicyclic) bond motifs is 1. The zero-order valence-corrected chi connectivity index (χ0v) is 15.4. The molecule has 0 aliphatic heterocycles. The maximum absolute atomic E-state index is 12.7. The number of benzene rings is 2. The number of aryl methyl sites for hydroxylation is 1. The topological polar surface area (TPSA) is 44.3 Å². The molecule has 0 bridgehead atoms. The van der Waals surface area contributed by atoms with Crippen molar-refractivity contribution < 1.29 is 35.8 Å². The van der Waals surface area contributed by atoms with Crippen LogP contribution in [0.5, 0.6) is 11.5 Å². The van der Waals surface area contributed by atoms with Crippen LogP contribution in [0.25, 0.3) is 10.8 Å². The van der Waals surface area contributed by atoms with Crippen LogP contribution in [0.4, 0.5) is 0 Å². The summed E-state index contributed by atoms with van der Waals surface area (Å²) in [5.41, 5.74) is 0.527. The summed E-state index contributed by atoms with van der Waals surface area (Å²) in [6.07, 6.45) is 5.62. The molecule has 0 radical (unpaired) electrons. The van der Waals surface area contributed by atoms with E-state index < -0.39 is 0 Å². The zero-order valence-electron chi connectivity index (χ0n) is 13.8. The van der Waals surface area contributed by atoms with Gasteiger partial charge < -0.3 is 26.5 Å². The number of imidazole rings is 1. The number of ether oxygens (including phenoxy) is 2. The Kier molecular flexibility index (Phi) is 5.62. The summed E-state index contributed by atoms with van der Waals surface area (Å²) in [6.45, 7) is 0.249. The van der Waals surface area contributed by atoms with E-state index >= 15 is 0 Å². The van der Waals surface area contributed by atoms with Crippen LogP contribution < -0.4 is 31.0 Å². The van der Waals surface area contributed by atoms with Gasteiger partial charge in [0.1, 0.15) is 23.9 Å². The van der Waals surface area contributed by atoms with Crippen LogP contribution in [-0.4, -0.2) is 24.6 Å². The highest BCUT2D eigenvalue weighted by Crippen LogP contribution is 2.36. The van der Waals surface area contributed by atoms with Gasteiger partial charge >= 0.3 is 0 Å². The van der Waals surface area contributed by atoms with Crippen LogP contribution in [0.3, 0.4) is 0 Å². The number of Topliss-reactive ketones (excluding diaryl/α,β-unsaturated/α-hetero) is 1. The van der Waals surface area contributed by atoms with Gasteiger partial charge in [0, 0.05) is 10.8 Å². The van der Waals surface area contributed by atoms with Crippen molar-refractivity contribution in [3.63, 3.8) is 0 Å². The van der Waals surface area contributed by atoms with Crippen LogP contribution in [-0.2, 0) is 13.6 Å². The molecule has 126 valence electrons. The smallest absolute Gasteiger partial charge is 0.243 e. The quantitative estimate of drug-likeness (QED) is 0.430. The molecule has 0 unspecified atom stereocenters. The fourth-order valence-corrected chi connectivity index (χ4v) is 2.76. The van der Waals surface area contributed by atoms with Gasteiger partial charge in [0.05, 0.1) is 26.8 Å². The van der Waals surface area contributed by atoms with Crippen LogP contribution in [0.2, 0.25) is 0 Å². The van der Waals surface area contributed by atoms with E-state index in [2.05, 4.69) is 0 Å². The standard InChI is InChI=1S/C18H19N2O3.BrH/c1-19-8-9-20(12-19)11-16(21)15-10-17(22-2)13-6-4-5-7-14(13)18(15)23-3;/h4-10,12H,11H2,1-3H3;1H/q+1;/p-1. The molecule has 0 amide bonds. The Morgan fingerprint density at radius 2 is 1.88 bits per heavy atom. The lowest BCUT2D eigenvalue weighted by atomic mass is 10.0. The van der Waals surface area contributed by atoms with Crippen molar-refractivity contribution in [2.75, 3.05) is 14.2 Å². The molecule has 3 rings (SSSR count). The van der Waals surface area contributed by atoms with Gasteiger partial charge in [-0.15, -0.1) is 0 Å². The summed E-state index contributed by atoms with van der Waals surface area (Å²) >= 11 is 0. The maximum Gasteiger partial charge on any atom is 0.243 e. The Morgan fingerprint density at radius 1 is 1.17 bits per heavy atom. The highest BCUT2D eigenvalue weighted by molar-refractivity contribution is 6.06. The third-order valence-corrected chi connectivity index (χ3v) is 3.83. The normalized spacial score (nSPS) is 10.3. The predicted octanol–water partition coefficient (Wildman–Crippen LogP) is -0.630. The first-order valence-electron chi connectivity index (χ1n) is 7.32. The van der Waals surface area contributed by atoms with Gasteiger partial charge in [-0.1, -0.05) is 24.3 Å². The Morgan fingerprint density at radius 3 is 2.46 bits per heavy atom. The van der Waals surface area contributed by atoms with Crippen molar-refractivity contribution in [2.45, 2.75) is 6.54 Å². The number of hydrogen-bond acceptors (Lipinski definition) is 3. The van der Waals surface area contributed by atoms with E-state index in [0.29, 0.717) is 17.1 Å². The molecule has 5 nitrogen and oxygen atoms in total. The second-order valence-electron chi connectivity index (χ2n) is 5.38. The van der Waals surface area contributed by atoms with Crippen LogP contribution in [0.15, 0.2) is 49.1 Å². The maximum atomic E-state index is 12.7. The number of carbonyl (C=O) groups is 1. The van der Waals surface area contributed by atoms with Crippen molar-refractivity contribution in [1.82, 2.24) is 4.57 Å². The lowest BCUT2D eigenvalue weighted by Gasteiger charge is -2.14. The molecular weight excluding hydrogens is 372 g/mol. The van der Waals surface area contributed by atoms with Gasteiger partial charge in [-0.3, -0.25) is 4.79 Å². The number of aromatic nitrogens is 2. The third-order valence-electron chi connectivity index (χ3n) is 3.83. The summed E-state index contributed by atoms with van der Waals surface area (Å²) in [5, 5.41) is 1.80. The molecule has 1 aromatic heterocycles. The fraction of sp³-hybridized carbons (Fsp3) is 0.222. The van der Waals surface area contributed by atoms with Gasteiger partial charge in [-0.2, -0.15) is 0 Å². The predicted molar refractivity (Wildman–Crippen MR) is 87.0 cm³/mol. The Labute approximate surface area is 151 Å². The van der Waals surface area contributed by atoms with E-state index in [9.17, 15) is 4.79 Å². The lowest BCUT2D eigenvalue weighted by Crippen LogP contribution is -3.00. The van der Waals surface area contributed by atoms with Gasteiger partial charge in [0.15, 0.2) is 6.54 Å². The van der Waals surface area contributed by atoms with E-state index in [1.807, 2.05) is 59.2 Å². The third kappa shape index (κ3) is 3.28. The minimum absolute atomic E-state index is 0. The van der Waals surface area contributed by atoms with Crippen LogP contribution in [0.1, 0.15) is 10.4 Å². The highest BCUT2D eigenvalue weighted by Gasteiger charge is 2.20. The Bertz CT molecular complexity index is 874. The second-order valence-corrected chi connectivity index (χ2v) is 5.38. The van der Waals surface area contributed by atoms with Crippen molar-refractivity contribution in [1.29, 1.82) is 0 Å². The van der Waals surface area contributed by atoms with Crippen LogP contribution >= 0.6 is 0 Å². The second kappa shape index (κ2) is 7.49. The molecule has 24 heavy (non-hydrogen) atoms. The fourth-order valence-electron chi connectivity index (χ4n) is 2.76. The molecule has 3 aromatic rings. The molecule has 1 heterocycles. The SMILES string of the molecule is COc1cc(C(=O)Cn2cc[n+](C)c2)c(OC)c2ccccc12.[Br-]. The van der Waals surface area contributed by atoms with Gasteiger partial charge in [0.2, 0.25) is 12.1 Å². The lowest BCUT2D eigenvalue weighted by molar-refractivity contribution is -0.671. The molecule has 6 heteroatoms. The summed E-state index contributed by atoms with van der Waals surface area (Å²) < 4.78 is 14.7. The van der Waals surface area contributed by atoms with E-state index in [1.165, 1.54) is 0 Å². The minimum atomic E-state index is -0.0258. The zero-order chi connectivity index (χ0) is 16.4. The first kappa shape index (κ1) is 18.0. The molecule has 0 saturated heterocycles. The van der Waals surface area contributed by atoms with Gasteiger partial charge in [-0.25, -0.2) is 9.13 Å².